The molecule has 0 radical (unpaired) electrons. The van der Waals surface area contributed by atoms with Crippen molar-refractivity contribution in [1.82, 2.24) is 10.6 Å². The number of nitrogens with one attached hydrogen (secondary N) is 2. The summed E-state index contributed by atoms with van der Waals surface area (Å²) in [6.07, 6.45) is 7.50. The molecule has 0 unspecified atom stereocenters. The molecule has 0 aromatic carbocycles. The standard InChI is InChI=1S/C14H29N3O/c1-3-4-6-9-15-14(18)16-10-13-17(2)11-7-5-8-12-17/h3-13H2,1-2H3,(H-,15,16,18)/p+1. The fourth-order valence-electron chi connectivity index (χ4n) is 2.58. The van der Waals surface area contributed by atoms with Crippen molar-refractivity contribution in [2.75, 3.05) is 39.8 Å². The minimum Gasteiger partial charge on any atom is -0.338 e. The van der Waals surface area contributed by atoms with E-state index in [1.54, 1.807) is 0 Å². The molecule has 106 valence electrons. The van der Waals surface area contributed by atoms with Crippen LogP contribution >= 0.6 is 0 Å². The van der Waals surface area contributed by atoms with Crippen LogP contribution in [0.25, 0.3) is 0 Å². The number of carbonyl (C=O) groups excluding carboxylic acids is 1. The van der Waals surface area contributed by atoms with Crippen molar-refractivity contribution >= 4 is 6.03 Å². The first-order valence-corrected chi connectivity index (χ1v) is 7.51. The lowest BCUT2D eigenvalue weighted by molar-refractivity contribution is -0.912. The summed E-state index contributed by atoms with van der Waals surface area (Å²) in [7, 11) is 2.31. The zero-order valence-corrected chi connectivity index (χ0v) is 12.1. The average Bonchev–Trinajstić information content (AvgIpc) is 2.35. The maximum absolute atomic E-state index is 11.5. The fourth-order valence-corrected chi connectivity index (χ4v) is 2.58. The molecule has 2 amide bonds. The van der Waals surface area contributed by atoms with Gasteiger partial charge >= 0.3 is 6.03 Å². The lowest BCUT2D eigenvalue weighted by atomic mass is 10.1. The van der Waals surface area contributed by atoms with Gasteiger partial charge in [-0.3, -0.25) is 0 Å². The first kappa shape index (κ1) is 15.3. The maximum Gasteiger partial charge on any atom is 0.314 e. The van der Waals surface area contributed by atoms with Crippen LogP contribution in [0.1, 0.15) is 45.4 Å². The van der Waals surface area contributed by atoms with E-state index in [0.29, 0.717) is 0 Å². The highest BCUT2D eigenvalue weighted by atomic mass is 16.2. The number of nitrogens with zero attached hydrogens (tertiary/aromatic N) is 1. The Kier molecular flexibility index (Phi) is 7.09. The van der Waals surface area contributed by atoms with Gasteiger partial charge in [0.25, 0.3) is 0 Å². The normalized spacial score (nSPS) is 18.3. The van der Waals surface area contributed by atoms with Gasteiger partial charge in [-0.2, -0.15) is 0 Å². The molecule has 1 fully saturated rings. The molecule has 1 saturated heterocycles. The molecule has 1 heterocycles. The van der Waals surface area contributed by atoms with Crippen LogP contribution in [0.2, 0.25) is 0 Å². The monoisotopic (exact) mass is 256 g/mol. The molecule has 0 bridgehead atoms. The van der Waals surface area contributed by atoms with E-state index in [9.17, 15) is 4.79 Å². The Bertz CT molecular complexity index is 237. The summed E-state index contributed by atoms with van der Waals surface area (Å²) in [6.45, 7) is 7.34. The molecule has 2 N–H and O–H groups in total. The van der Waals surface area contributed by atoms with Crippen molar-refractivity contribution in [3.8, 4) is 0 Å². The van der Waals surface area contributed by atoms with Gasteiger partial charge < -0.3 is 15.1 Å². The molecule has 4 nitrogen and oxygen atoms in total. The van der Waals surface area contributed by atoms with Crippen molar-refractivity contribution in [1.29, 1.82) is 0 Å². The molecule has 1 aliphatic heterocycles. The van der Waals surface area contributed by atoms with Crippen molar-refractivity contribution in [3.63, 3.8) is 0 Å². The highest BCUT2D eigenvalue weighted by Crippen LogP contribution is 2.14. The summed E-state index contributed by atoms with van der Waals surface area (Å²) < 4.78 is 1.12. The van der Waals surface area contributed by atoms with E-state index in [-0.39, 0.29) is 6.03 Å². The first-order chi connectivity index (χ1) is 8.66. The Morgan fingerprint density at radius 3 is 2.39 bits per heavy atom. The van der Waals surface area contributed by atoms with Crippen molar-refractivity contribution in [2.45, 2.75) is 45.4 Å². The average molecular weight is 256 g/mol. The van der Waals surface area contributed by atoms with Crippen LogP contribution in [-0.4, -0.2) is 50.3 Å². The molecular weight excluding hydrogens is 226 g/mol. The summed E-state index contributed by atoms with van der Waals surface area (Å²) >= 11 is 0. The quantitative estimate of drug-likeness (QED) is 0.531. The summed E-state index contributed by atoms with van der Waals surface area (Å²) in [5, 5.41) is 5.88. The van der Waals surface area contributed by atoms with Gasteiger partial charge in [-0.1, -0.05) is 19.8 Å². The van der Waals surface area contributed by atoms with E-state index < -0.39 is 0 Å². The highest BCUT2D eigenvalue weighted by Gasteiger charge is 2.23. The zero-order chi connectivity index (χ0) is 13.3. The van der Waals surface area contributed by atoms with Gasteiger partial charge in [-0.25, -0.2) is 4.79 Å². The second-order valence-corrected chi connectivity index (χ2v) is 5.74. The first-order valence-electron chi connectivity index (χ1n) is 7.51. The Morgan fingerprint density at radius 2 is 1.72 bits per heavy atom. The Labute approximate surface area is 112 Å². The van der Waals surface area contributed by atoms with Crippen molar-refractivity contribution in [3.05, 3.63) is 0 Å². The Morgan fingerprint density at radius 1 is 1.06 bits per heavy atom. The molecule has 4 heteroatoms. The maximum atomic E-state index is 11.5. The number of piperidine rings is 1. The van der Waals surface area contributed by atoms with Crippen LogP contribution in [0.3, 0.4) is 0 Å². The Balaban J connectivity index is 2.04. The van der Waals surface area contributed by atoms with Crippen LogP contribution in [0.4, 0.5) is 4.79 Å². The summed E-state index contributed by atoms with van der Waals surface area (Å²) in [5.41, 5.74) is 0. The van der Waals surface area contributed by atoms with Gasteiger partial charge in [0.15, 0.2) is 0 Å². The third-order valence-corrected chi connectivity index (χ3v) is 3.90. The van der Waals surface area contributed by atoms with Gasteiger partial charge in [-0.05, 0) is 25.7 Å². The van der Waals surface area contributed by atoms with Crippen LogP contribution in [-0.2, 0) is 0 Å². The summed E-state index contributed by atoms with van der Waals surface area (Å²) in [6, 6.07) is -0.00490. The molecule has 1 aliphatic rings. The molecular formula is C14H30N3O+. The smallest absolute Gasteiger partial charge is 0.314 e. The van der Waals surface area contributed by atoms with Crippen LogP contribution < -0.4 is 10.6 Å². The number of unbranched alkanes of at least 4 members (excludes halogenated alkanes) is 2. The van der Waals surface area contributed by atoms with Gasteiger partial charge in [0.1, 0.15) is 0 Å². The molecule has 0 aliphatic carbocycles. The van der Waals surface area contributed by atoms with E-state index in [2.05, 4.69) is 24.6 Å². The molecule has 1 rings (SSSR count). The zero-order valence-electron chi connectivity index (χ0n) is 12.1. The molecule has 0 atom stereocenters. The Hall–Kier alpha value is -0.770. The van der Waals surface area contributed by atoms with Crippen molar-refractivity contribution in [2.24, 2.45) is 0 Å². The third kappa shape index (κ3) is 6.24. The minimum atomic E-state index is -0.00490. The number of hydrogen-bond donors (Lipinski definition) is 2. The lowest BCUT2D eigenvalue weighted by Crippen LogP contribution is -2.52. The number of hydrogen-bond acceptors (Lipinski definition) is 1. The topological polar surface area (TPSA) is 41.1 Å². The van der Waals surface area contributed by atoms with Crippen LogP contribution in [0, 0.1) is 0 Å². The lowest BCUT2D eigenvalue weighted by Gasteiger charge is -2.37. The largest absolute Gasteiger partial charge is 0.338 e. The van der Waals surface area contributed by atoms with Gasteiger partial charge in [0.2, 0.25) is 0 Å². The predicted octanol–water partition coefficient (Wildman–Crippen LogP) is 2.11. The molecule has 0 aromatic rings. The second-order valence-electron chi connectivity index (χ2n) is 5.74. The fraction of sp³-hybridized carbons (Fsp3) is 0.929. The molecule has 18 heavy (non-hydrogen) atoms. The molecule has 0 saturated carbocycles. The van der Waals surface area contributed by atoms with Gasteiger partial charge in [0.05, 0.1) is 33.2 Å². The SMILES string of the molecule is CCCCCNC(=O)NCC[N+]1(C)CCCCC1. The van der Waals surface area contributed by atoms with E-state index >= 15 is 0 Å². The second kappa shape index (κ2) is 8.35. The summed E-state index contributed by atoms with van der Waals surface area (Å²) in [5.74, 6) is 0. The van der Waals surface area contributed by atoms with E-state index in [0.717, 1.165) is 30.5 Å². The van der Waals surface area contributed by atoms with Gasteiger partial charge in [0, 0.05) is 6.54 Å². The number of quaternary nitrogens is 1. The minimum absolute atomic E-state index is 0.00490. The van der Waals surface area contributed by atoms with Gasteiger partial charge in [-0.15, -0.1) is 0 Å². The van der Waals surface area contributed by atoms with E-state index in [1.807, 2.05) is 0 Å². The number of carbonyl (C=O) groups is 1. The number of likely N-dealkylation sites (N-methyl/N-ethyl adjacent to an activating group) is 1. The number of likely N-dealkylation sites (tertiary alicyclic amines) is 1. The van der Waals surface area contributed by atoms with Crippen LogP contribution in [0.15, 0.2) is 0 Å². The molecule has 0 spiro atoms. The van der Waals surface area contributed by atoms with E-state index in [1.165, 1.54) is 45.2 Å². The van der Waals surface area contributed by atoms with Crippen LogP contribution in [0.5, 0.6) is 0 Å². The summed E-state index contributed by atoms with van der Waals surface area (Å²) in [4.78, 5) is 11.5. The highest BCUT2D eigenvalue weighted by molar-refractivity contribution is 5.73. The number of rotatable bonds is 7. The third-order valence-electron chi connectivity index (χ3n) is 3.90. The predicted molar refractivity (Wildman–Crippen MR) is 75.6 cm³/mol. The molecule has 0 aromatic heterocycles. The number of amides is 2. The van der Waals surface area contributed by atoms with Crippen molar-refractivity contribution < 1.29 is 9.28 Å². The van der Waals surface area contributed by atoms with E-state index in [4.69, 9.17) is 0 Å². The number of urea groups is 1.